The van der Waals surface area contributed by atoms with Crippen molar-refractivity contribution in [3.05, 3.63) is 96.7 Å². The van der Waals surface area contributed by atoms with Gasteiger partial charge in [-0.15, -0.1) is 0 Å². The lowest BCUT2D eigenvalue weighted by Crippen LogP contribution is -2.23. The predicted octanol–water partition coefficient (Wildman–Crippen LogP) is 7.12. The second kappa shape index (κ2) is 9.26. The van der Waals surface area contributed by atoms with Crippen molar-refractivity contribution < 1.29 is 9.53 Å². The molecule has 6 rings (SSSR count). The van der Waals surface area contributed by atoms with Gasteiger partial charge in [0.25, 0.3) is 0 Å². The Kier molecular flexibility index (Phi) is 5.67. The standard InChI is InChI=1S/C30H27N3O2/c34-30(26-14-8-10-21-9-4-5-13-25(21)26)35-24-18-16-22(17-19-24)28-29(31-23-11-2-1-3-12-23)33-20-7-6-15-27(33)32-28/h4-10,13-20,23,31H,1-3,11-12H2. The van der Waals surface area contributed by atoms with Crippen LogP contribution in [0.3, 0.4) is 0 Å². The third-order valence-electron chi connectivity index (χ3n) is 6.82. The van der Waals surface area contributed by atoms with Gasteiger partial charge in [-0.25, -0.2) is 9.78 Å². The fraction of sp³-hybridized carbons (Fsp3) is 0.200. The highest BCUT2D eigenvalue weighted by atomic mass is 16.5. The second-order valence-corrected chi connectivity index (χ2v) is 9.16. The third kappa shape index (κ3) is 4.26. The summed E-state index contributed by atoms with van der Waals surface area (Å²) in [4.78, 5) is 17.8. The number of hydrogen-bond donors (Lipinski definition) is 1. The van der Waals surface area contributed by atoms with E-state index in [4.69, 9.17) is 9.72 Å². The molecule has 2 heterocycles. The molecule has 1 aliphatic carbocycles. The summed E-state index contributed by atoms with van der Waals surface area (Å²) in [7, 11) is 0. The number of benzene rings is 3. The lowest BCUT2D eigenvalue weighted by Gasteiger charge is -2.24. The first kappa shape index (κ1) is 21.4. The number of nitrogens with zero attached hydrogens (tertiary/aromatic N) is 2. The number of carbonyl (C=O) groups is 1. The quantitative estimate of drug-likeness (QED) is 0.224. The molecule has 1 saturated carbocycles. The SMILES string of the molecule is O=C(Oc1ccc(-c2nc3ccccn3c2NC2CCCCC2)cc1)c1cccc2ccccc12. The number of pyridine rings is 1. The molecule has 35 heavy (non-hydrogen) atoms. The van der Waals surface area contributed by atoms with E-state index in [1.165, 1.54) is 32.1 Å². The Morgan fingerprint density at radius 1 is 0.857 bits per heavy atom. The Bertz CT molecular complexity index is 1490. The van der Waals surface area contributed by atoms with Gasteiger partial charge in [-0.3, -0.25) is 4.40 Å². The molecular weight excluding hydrogens is 434 g/mol. The lowest BCUT2D eigenvalue weighted by molar-refractivity contribution is 0.0737. The minimum absolute atomic E-state index is 0.359. The molecule has 174 valence electrons. The zero-order valence-corrected chi connectivity index (χ0v) is 19.5. The minimum atomic E-state index is -0.359. The normalized spacial score (nSPS) is 14.3. The van der Waals surface area contributed by atoms with E-state index in [0.29, 0.717) is 17.4 Å². The fourth-order valence-electron chi connectivity index (χ4n) is 5.02. The van der Waals surface area contributed by atoms with E-state index in [1.807, 2.05) is 78.9 Å². The van der Waals surface area contributed by atoms with E-state index < -0.39 is 0 Å². The van der Waals surface area contributed by atoms with Crippen molar-refractivity contribution in [2.75, 3.05) is 5.32 Å². The zero-order chi connectivity index (χ0) is 23.6. The monoisotopic (exact) mass is 461 g/mol. The highest BCUT2D eigenvalue weighted by Crippen LogP contribution is 2.32. The van der Waals surface area contributed by atoms with Gasteiger partial charge in [0, 0.05) is 17.8 Å². The second-order valence-electron chi connectivity index (χ2n) is 9.16. The number of fused-ring (bicyclic) bond motifs is 2. The van der Waals surface area contributed by atoms with Gasteiger partial charge in [-0.2, -0.15) is 0 Å². The number of ether oxygens (including phenoxy) is 1. The van der Waals surface area contributed by atoms with Gasteiger partial charge in [0.1, 0.15) is 22.9 Å². The fourth-order valence-corrected chi connectivity index (χ4v) is 5.02. The summed E-state index contributed by atoms with van der Waals surface area (Å²) in [5.41, 5.74) is 3.37. The van der Waals surface area contributed by atoms with Gasteiger partial charge < -0.3 is 10.1 Å². The average Bonchev–Trinajstić information content (AvgIpc) is 3.27. The van der Waals surface area contributed by atoms with Crippen LogP contribution in [0.4, 0.5) is 5.82 Å². The van der Waals surface area contributed by atoms with Crippen LogP contribution in [-0.2, 0) is 0 Å². The van der Waals surface area contributed by atoms with Crippen molar-refractivity contribution in [1.29, 1.82) is 0 Å². The number of nitrogens with one attached hydrogen (secondary N) is 1. The first-order valence-corrected chi connectivity index (χ1v) is 12.3. The van der Waals surface area contributed by atoms with E-state index >= 15 is 0 Å². The molecule has 0 amide bonds. The van der Waals surface area contributed by atoms with Crippen LogP contribution in [0, 0.1) is 0 Å². The van der Waals surface area contributed by atoms with Crippen LogP contribution in [0.15, 0.2) is 91.1 Å². The number of esters is 1. The summed E-state index contributed by atoms with van der Waals surface area (Å²) >= 11 is 0. The smallest absolute Gasteiger partial charge is 0.344 e. The lowest BCUT2D eigenvalue weighted by atomic mass is 9.95. The first-order chi connectivity index (χ1) is 17.3. The van der Waals surface area contributed by atoms with Gasteiger partial charge in [-0.05, 0) is 66.1 Å². The number of imidazole rings is 1. The Hall–Kier alpha value is -4.12. The van der Waals surface area contributed by atoms with Crippen LogP contribution in [0.5, 0.6) is 5.75 Å². The van der Waals surface area contributed by atoms with Crippen molar-refractivity contribution in [2.45, 2.75) is 38.1 Å². The van der Waals surface area contributed by atoms with Crippen LogP contribution in [-0.4, -0.2) is 21.4 Å². The van der Waals surface area contributed by atoms with Crippen molar-refractivity contribution in [1.82, 2.24) is 9.38 Å². The summed E-state index contributed by atoms with van der Waals surface area (Å²) in [6, 6.07) is 27.7. The Balaban J connectivity index is 1.28. The number of carbonyl (C=O) groups excluding carboxylic acids is 1. The summed E-state index contributed by atoms with van der Waals surface area (Å²) in [6.07, 6.45) is 8.26. The van der Waals surface area contributed by atoms with E-state index in [0.717, 1.165) is 33.5 Å². The molecule has 1 N–H and O–H groups in total. The molecule has 1 fully saturated rings. The van der Waals surface area contributed by atoms with E-state index in [9.17, 15) is 4.79 Å². The Morgan fingerprint density at radius 2 is 1.63 bits per heavy atom. The van der Waals surface area contributed by atoms with Crippen molar-refractivity contribution in [3.63, 3.8) is 0 Å². The van der Waals surface area contributed by atoms with Gasteiger partial charge in [0.05, 0.1) is 5.56 Å². The number of hydrogen-bond acceptors (Lipinski definition) is 4. The molecule has 0 spiro atoms. The third-order valence-corrected chi connectivity index (χ3v) is 6.82. The maximum absolute atomic E-state index is 12.9. The molecule has 5 aromatic rings. The van der Waals surface area contributed by atoms with Crippen LogP contribution >= 0.6 is 0 Å². The van der Waals surface area contributed by atoms with Crippen LogP contribution < -0.4 is 10.1 Å². The van der Waals surface area contributed by atoms with Crippen LogP contribution in [0.1, 0.15) is 42.5 Å². The molecule has 0 atom stereocenters. The summed E-state index contributed by atoms with van der Waals surface area (Å²) < 4.78 is 7.85. The molecule has 0 saturated heterocycles. The molecular formula is C30H27N3O2. The molecule has 0 aliphatic heterocycles. The number of aromatic nitrogens is 2. The molecule has 3 aromatic carbocycles. The predicted molar refractivity (Wildman–Crippen MR) is 140 cm³/mol. The minimum Gasteiger partial charge on any atom is -0.423 e. The molecule has 0 radical (unpaired) electrons. The summed E-state index contributed by atoms with van der Waals surface area (Å²) in [6.45, 7) is 0. The largest absolute Gasteiger partial charge is 0.423 e. The first-order valence-electron chi connectivity index (χ1n) is 12.3. The molecule has 5 nitrogen and oxygen atoms in total. The van der Waals surface area contributed by atoms with Crippen LogP contribution in [0.25, 0.3) is 27.7 Å². The van der Waals surface area contributed by atoms with E-state index in [-0.39, 0.29) is 5.97 Å². The maximum atomic E-state index is 12.9. The molecule has 5 heteroatoms. The molecule has 1 aliphatic rings. The van der Waals surface area contributed by atoms with Crippen molar-refractivity contribution >= 4 is 28.2 Å². The average molecular weight is 462 g/mol. The maximum Gasteiger partial charge on any atom is 0.344 e. The number of anilines is 1. The van der Waals surface area contributed by atoms with Crippen molar-refractivity contribution in [3.8, 4) is 17.0 Å². The van der Waals surface area contributed by atoms with E-state index in [2.05, 4.69) is 15.9 Å². The topological polar surface area (TPSA) is 55.6 Å². The molecule has 0 bridgehead atoms. The molecule has 2 aromatic heterocycles. The van der Waals surface area contributed by atoms with Gasteiger partial charge in [-0.1, -0.05) is 61.7 Å². The van der Waals surface area contributed by atoms with Crippen LogP contribution in [0.2, 0.25) is 0 Å². The van der Waals surface area contributed by atoms with Gasteiger partial charge in [0.15, 0.2) is 0 Å². The number of rotatable bonds is 5. The van der Waals surface area contributed by atoms with Gasteiger partial charge >= 0.3 is 5.97 Å². The summed E-state index contributed by atoms with van der Waals surface area (Å²) in [5, 5.41) is 5.68. The zero-order valence-electron chi connectivity index (χ0n) is 19.5. The van der Waals surface area contributed by atoms with E-state index in [1.54, 1.807) is 6.07 Å². The molecule has 0 unspecified atom stereocenters. The van der Waals surface area contributed by atoms with Gasteiger partial charge in [0.2, 0.25) is 0 Å². The highest BCUT2D eigenvalue weighted by molar-refractivity contribution is 6.05. The van der Waals surface area contributed by atoms with Crippen molar-refractivity contribution in [2.24, 2.45) is 0 Å². The summed E-state index contributed by atoms with van der Waals surface area (Å²) in [5.74, 6) is 1.17. The highest BCUT2D eigenvalue weighted by Gasteiger charge is 2.20. The Labute approximate surface area is 204 Å². The Morgan fingerprint density at radius 3 is 2.49 bits per heavy atom.